The third kappa shape index (κ3) is 4.58. The topological polar surface area (TPSA) is 130 Å². The van der Waals surface area contributed by atoms with Gasteiger partial charge in [0, 0.05) is 19.3 Å². The minimum atomic E-state index is -0.526. The zero-order valence-corrected chi connectivity index (χ0v) is 18.1. The Labute approximate surface area is 193 Å². The van der Waals surface area contributed by atoms with Gasteiger partial charge in [0.1, 0.15) is 23.9 Å². The summed E-state index contributed by atoms with van der Waals surface area (Å²) in [5.74, 6) is 1.98. The number of nitrogens with zero attached hydrogens (tertiary/aromatic N) is 2. The van der Waals surface area contributed by atoms with Crippen molar-refractivity contribution < 1.29 is 32.6 Å². The molecule has 0 fully saturated rings. The number of aryl methyl sites for hydroxylation is 1. The molecule has 1 aromatic carbocycles. The van der Waals surface area contributed by atoms with E-state index >= 15 is 0 Å². The first-order valence-corrected chi connectivity index (χ1v) is 10.3. The van der Waals surface area contributed by atoms with Gasteiger partial charge in [0.15, 0.2) is 23.0 Å². The van der Waals surface area contributed by atoms with E-state index in [-0.39, 0.29) is 37.1 Å². The molecule has 1 aliphatic rings. The maximum absolute atomic E-state index is 12.7. The minimum Gasteiger partial charge on any atom is -0.486 e. The number of aromatic nitrogens is 2. The lowest BCUT2D eigenvalue weighted by molar-refractivity contribution is 0.0943. The Hall–Kier alpha value is -4.67. The molecule has 2 N–H and O–H groups in total. The predicted octanol–water partition coefficient (Wildman–Crippen LogP) is 3.10. The number of nitrogens with one attached hydrogen (secondary N) is 2. The molecular formula is C23H20N4O7. The highest BCUT2D eigenvalue weighted by Gasteiger charge is 2.20. The molecule has 4 aromatic rings. The summed E-state index contributed by atoms with van der Waals surface area (Å²) in [6.07, 6.45) is 3.05. The number of carbonyl (C=O) groups excluding carboxylic acids is 2. The molecule has 11 heteroatoms. The second-order valence-electron chi connectivity index (χ2n) is 7.35. The van der Waals surface area contributed by atoms with Gasteiger partial charge in [0.25, 0.3) is 11.8 Å². The number of furan rings is 2. The number of anilines is 1. The normalized spacial score (nSPS) is 11.9. The van der Waals surface area contributed by atoms with Crippen LogP contribution in [0.2, 0.25) is 0 Å². The third-order valence-electron chi connectivity index (χ3n) is 4.91. The molecule has 2 amide bonds. The molecule has 4 heterocycles. The Morgan fingerprint density at radius 2 is 1.97 bits per heavy atom. The maximum atomic E-state index is 12.7. The summed E-state index contributed by atoms with van der Waals surface area (Å²) in [7, 11) is 1.65. The molecule has 3 aromatic heterocycles. The van der Waals surface area contributed by atoms with E-state index in [1.54, 1.807) is 43.4 Å². The molecule has 0 spiro atoms. The van der Waals surface area contributed by atoms with Crippen LogP contribution in [0.4, 0.5) is 5.69 Å². The smallest absolute Gasteiger partial charge is 0.291 e. The summed E-state index contributed by atoms with van der Waals surface area (Å²) in [5.41, 5.74) is 0.319. The Balaban J connectivity index is 1.20. The minimum absolute atomic E-state index is 0.0649. The van der Waals surface area contributed by atoms with Crippen molar-refractivity contribution in [2.75, 3.05) is 12.1 Å². The van der Waals surface area contributed by atoms with Crippen LogP contribution in [0.5, 0.6) is 17.2 Å². The Morgan fingerprint density at radius 1 is 1.09 bits per heavy atom. The van der Waals surface area contributed by atoms with E-state index in [4.69, 9.17) is 23.0 Å². The number of hydrogen-bond donors (Lipinski definition) is 2. The highest BCUT2D eigenvalue weighted by molar-refractivity contribution is 6.07. The lowest BCUT2D eigenvalue weighted by Gasteiger charge is -2.06. The highest BCUT2D eigenvalue weighted by Crippen LogP contribution is 2.35. The van der Waals surface area contributed by atoms with Crippen LogP contribution in [0.15, 0.2) is 63.8 Å². The van der Waals surface area contributed by atoms with Crippen LogP contribution >= 0.6 is 0 Å². The molecule has 5 rings (SSSR count). The van der Waals surface area contributed by atoms with Gasteiger partial charge in [-0.25, -0.2) is 0 Å². The summed E-state index contributed by atoms with van der Waals surface area (Å²) in [4.78, 5) is 25.2. The van der Waals surface area contributed by atoms with Crippen molar-refractivity contribution in [1.29, 1.82) is 0 Å². The molecule has 1 aliphatic heterocycles. The fraction of sp³-hybridized carbons (Fsp3) is 0.174. The maximum Gasteiger partial charge on any atom is 0.291 e. The number of carbonyl (C=O) groups is 2. The van der Waals surface area contributed by atoms with Crippen LogP contribution in [0.25, 0.3) is 0 Å². The van der Waals surface area contributed by atoms with Crippen LogP contribution in [-0.4, -0.2) is 28.4 Å². The molecule has 0 radical (unpaired) electrons. The number of ether oxygens (including phenoxy) is 3. The number of rotatable bonds is 8. The van der Waals surface area contributed by atoms with Crippen LogP contribution in [-0.2, 0) is 20.2 Å². The van der Waals surface area contributed by atoms with Crippen molar-refractivity contribution in [3.63, 3.8) is 0 Å². The number of benzene rings is 1. The summed E-state index contributed by atoms with van der Waals surface area (Å²) in [6.45, 7) is 0.487. The zero-order chi connectivity index (χ0) is 23.5. The molecule has 0 aliphatic carbocycles. The molecule has 11 nitrogen and oxygen atoms in total. The van der Waals surface area contributed by atoms with E-state index < -0.39 is 11.8 Å². The molecule has 0 saturated heterocycles. The van der Waals surface area contributed by atoms with Crippen molar-refractivity contribution in [2.24, 2.45) is 7.05 Å². The Bertz CT molecular complexity index is 1320. The second kappa shape index (κ2) is 9.06. The summed E-state index contributed by atoms with van der Waals surface area (Å²) < 4.78 is 28.5. The third-order valence-corrected chi connectivity index (χ3v) is 4.91. The van der Waals surface area contributed by atoms with Crippen LogP contribution in [0, 0.1) is 0 Å². The molecule has 0 bridgehead atoms. The fourth-order valence-corrected chi connectivity index (χ4v) is 3.29. The predicted molar refractivity (Wildman–Crippen MR) is 117 cm³/mol. The molecule has 174 valence electrons. The zero-order valence-electron chi connectivity index (χ0n) is 18.1. The summed E-state index contributed by atoms with van der Waals surface area (Å²) >= 11 is 0. The number of amides is 2. The van der Waals surface area contributed by atoms with Crippen molar-refractivity contribution in [2.45, 2.75) is 13.2 Å². The average molecular weight is 464 g/mol. The van der Waals surface area contributed by atoms with E-state index in [0.717, 1.165) is 0 Å². The quantitative estimate of drug-likeness (QED) is 0.407. The van der Waals surface area contributed by atoms with Crippen molar-refractivity contribution in [1.82, 2.24) is 15.1 Å². The first-order valence-electron chi connectivity index (χ1n) is 10.3. The summed E-state index contributed by atoms with van der Waals surface area (Å²) in [6, 6.07) is 11.9. The van der Waals surface area contributed by atoms with Gasteiger partial charge in [0.05, 0.1) is 18.5 Å². The van der Waals surface area contributed by atoms with E-state index in [0.29, 0.717) is 28.8 Å². The second-order valence-corrected chi connectivity index (χ2v) is 7.35. The van der Waals surface area contributed by atoms with Gasteiger partial charge >= 0.3 is 0 Å². The number of fused-ring (bicyclic) bond motifs is 1. The lowest BCUT2D eigenvalue weighted by atomic mass is 10.3. The van der Waals surface area contributed by atoms with E-state index in [2.05, 4.69) is 15.7 Å². The van der Waals surface area contributed by atoms with Crippen molar-refractivity contribution in [3.05, 3.63) is 77.9 Å². The molecule has 0 saturated carbocycles. The van der Waals surface area contributed by atoms with E-state index in [1.165, 1.54) is 23.2 Å². The highest BCUT2D eigenvalue weighted by atomic mass is 16.7. The van der Waals surface area contributed by atoms with Gasteiger partial charge in [-0.15, -0.1) is 0 Å². The molecular weight excluding hydrogens is 444 g/mol. The largest absolute Gasteiger partial charge is 0.486 e. The molecule has 0 unspecified atom stereocenters. The monoisotopic (exact) mass is 464 g/mol. The van der Waals surface area contributed by atoms with Gasteiger partial charge in [-0.3, -0.25) is 14.3 Å². The average Bonchev–Trinajstić information content (AvgIpc) is 3.63. The fourth-order valence-electron chi connectivity index (χ4n) is 3.29. The molecule has 0 atom stereocenters. The molecule has 34 heavy (non-hydrogen) atoms. The van der Waals surface area contributed by atoms with Gasteiger partial charge in [-0.05, 0) is 36.4 Å². The van der Waals surface area contributed by atoms with Gasteiger partial charge in [-0.2, -0.15) is 5.10 Å². The van der Waals surface area contributed by atoms with E-state index in [1.807, 2.05) is 0 Å². The van der Waals surface area contributed by atoms with Gasteiger partial charge in [0.2, 0.25) is 6.79 Å². The lowest BCUT2D eigenvalue weighted by Crippen LogP contribution is -2.25. The Kier molecular flexibility index (Phi) is 5.65. The number of hydrogen-bond acceptors (Lipinski definition) is 8. The van der Waals surface area contributed by atoms with Crippen LogP contribution < -0.4 is 24.8 Å². The first kappa shape index (κ1) is 21.2. The SMILES string of the molecule is Cn1cc(NC(=O)c2ccc(COc3ccc4c(c3)OCO4)o2)c(C(=O)NCc2ccco2)n1. The van der Waals surface area contributed by atoms with E-state index in [9.17, 15) is 9.59 Å². The standard InChI is InChI=1S/C23H20N4O7/c1-27-11-17(21(26-27)23(29)24-10-15-3-2-8-30-15)25-22(28)19-7-5-16(34-19)12-31-14-4-6-18-20(9-14)33-13-32-18/h2-9,11H,10,12-13H2,1H3,(H,24,29)(H,25,28). The van der Waals surface area contributed by atoms with Gasteiger partial charge < -0.3 is 33.7 Å². The van der Waals surface area contributed by atoms with Crippen LogP contribution in [0.1, 0.15) is 32.6 Å². The Morgan fingerprint density at radius 3 is 2.82 bits per heavy atom. The first-order chi connectivity index (χ1) is 16.5. The van der Waals surface area contributed by atoms with Gasteiger partial charge in [-0.1, -0.05) is 0 Å². The van der Waals surface area contributed by atoms with Crippen LogP contribution in [0.3, 0.4) is 0 Å². The van der Waals surface area contributed by atoms with Crippen molar-refractivity contribution >= 4 is 17.5 Å². The summed E-state index contributed by atoms with van der Waals surface area (Å²) in [5, 5.41) is 9.51. The van der Waals surface area contributed by atoms with Crippen molar-refractivity contribution in [3.8, 4) is 17.2 Å².